The van der Waals surface area contributed by atoms with Crippen LogP contribution in [0.5, 0.6) is 0 Å². The molecule has 1 aromatic rings. The highest BCUT2D eigenvalue weighted by atomic mass is 32.2. The van der Waals surface area contributed by atoms with E-state index < -0.39 is 16.0 Å². The number of thioether (sulfide) groups is 1. The molecule has 1 aromatic heterocycles. The van der Waals surface area contributed by atoms with Crippen molar-refractivity contribution < 1.29 is 18.3 Å². The highest BCUT2D eigenvalue weighted by Crippen LogP contribution is 2.26. The summed E-state index contributed by atoms with van der Waals surface area (Å²) in [5.74, 6) is 0.134. The largest absolute Gasteiger partial charge is 0.481 e. The van der Waals surface area contributed by atoms with Gasteiger partial charge in [0.2, 0.25) is 10.0 Å². The van der Waals surface area contributed by atoms with Crippen molar-refractivity contribution >= 4 is 39.1 Å². The van der Waals surface area contributed by atoms with E-state index in [1.165, 1.54) is 6.07 Å². The first-order valence-electron chi connectivity index (χ1n) is 5.89. The normalized spacial score (nSPS) is 19.7. The number of carboxylic acids is 1. The monoisotopic (exact) mass is 321 g/mol. The topological polar surface area (TPSA) is 83.5 Å². The van der Waals surface area contributed by atoms with Gasteiger partial charge in [0.15, 0.2) is 0 Å². The van der Waals surface area contributed by atoms with Crippen LogP contribution < -0.4 is 4.72 Å². The van der Waals surface area contributed by atoms with Crippen LogP contribution in [-0.2, 0) is 21.2 Å². The van der Waals surface area contributed by atoms with Gasteiger partial charge in [-0.2, -0.15) is 11.8 Å². The lowest BCUT2D eigenvalue weighted by atomic mass is 10.2. The summed E-state index contributed by atoms with van der Waals surface area (Å²) in [6.45, 7) is 0.444. The van der Waals surface area contributed by atoms with Gasteiger partial charge < -0.3 is 5.11 Å². The molecule has 1 saturated heterocycles. The summed E-state index contributed by atoms with van der Waals surface area (Å²) in [6.07, 6.45) is 2.04. The molecule has 0 saturated carbocycles. The van der Waals surface area contributed by atoms with Gasteiger partial charge in [0.05, 0.1) is 6.42 Å². The minimum Gasteiger partial charge on any atom is -0.481 e. The number of aliphatic carboxylic acids is 1. The maximum absolute atomic E-state index is 12.0. The number of rotatable bonds is 6. The summed E-state index contributed by atoms with van der Waals surface area (Å²) in [4.78, 5) is 11.1. The maximum atomic E-state index is 12.0. The zero-order chi connectivity index (χ0) is 13.9. The minimum absolute atomic E-state index is 0.140. The maximum Gasteiger partial charge on any atom is 0.308 e. The van der Waals surface area contributed by atoms with Gasteiger partial charge in [0.25, 0.3) is 0 Å². The zero-order valence-corrected chi connectivity index (χ0v) is 12.6. The molecular weight excluding hydrogens is 306 g/mol. The Morgan fingerprint density at radius 1 is 1.47 bits per heavy atom. The quantitative estimate of drug-likeness (QED) is 0.830. The van der Waals surface area contributed by atoms with Crippen molar-refractivity contribution in [1.82, 2.24) is 4.72 Å². The smallest absolute Gasteiger partial charge is 0.308 e. The average molecular weight is 321 g/mol. The molecule has 0 aliphatic carbocycles. The van der Waals surface area contributed by atoms with Crippen LogP contribution in [0.1, 0.15) is 17.7 Å². The van der Waals surface area contributed by atoms with Crippen molar-refractivity contribution in [2.24, 2.45) is 0 Å². The molecule has 1 aliphatic heterocycles. The molecule has 2 heterocycles. The van der Waals surface area contributed by atoms with E-state index in [0.717, 1.165) is 29.9 Å². The highest BCUT2D eigenvalue weighted by molar-refractivity contribution is 8.00. The average Bonchev–Trinajstić information content (AvgIpc) is 2.96. The lowest BCUT2D eigenvalue weighted by Gasteiger charge is -2.09. The van der Waals surface area contributed by atoms with Crippen molar-refractivity contribution in [1.29, 1.82) is 0 Å². The van der Waals surface area contributed by atoms with E-state index >= 15 is 0 Å². The van der Waals surface area contributed by atoms with Crippen LogP contribution in [-0.4, -0.2) is 37.0 Å². The Bertz CT molecular complexity index is 546. The van der Waals surface area contributed by atoms with Crippen molar-refractivity contribution in [3.05, 3.63) is 17.0 Å². The Morgan fingerprint density at radius 3 is 2.89 bits per heavy atom. The molecule has 0 bridgehead atoms. The first-order chi connectivity index (χ1) is 8.97. The highest BCUT2D eigenvalue weighted by Gasteiger charge is 2.21. The molecule has 19 heavy (non-hydrogen) atoms. The van der Waals surface area contributed by atoms with Crippen LogP contribution in [0.2, 0.25) is 0 Å². The summed E-state index contributed by atoms with van der Waals surface area (Å²) in [5.41, 5.74) is 0. The predicted molar refractivity (Wildman–Crippen MR) is 76.3 cm³/mol. The third-order valence-corrected chi connectivity index (χ3v) is 7.15. The van der Waals surface area contributed by atoms with E-state index in [0.29, 0.717) is 16.7 Å². The van der Waals surface area contributed by atoms with Gasteiger partial charge in [-0.1, -0.05) is 0 Å². The van der Waals surface area contributed by atoms with Gasteiger partial charge in [0, 0.05) is 16.7 Å². The van der Waals surface area contributed by atoms with E-state index in [1.54, 1.807) is 17.8 Å². The molecule has 1 atom stereocenters. The molecule has 0 radical (unpaired) electrons. The van der Waals surface area contributed by atoms with E-state index in [-0.39, 0.29) is 10.6 Å². The van der Waals surface area contributed by atoms with E-state index in [2.05, 4.69) is 4.72 Å². The fourth-order valence-corrected chi connectivity index (χ4v) is 5.61. The zero-order valence-electron chi connectivity index (χ0n) is 10.2. The van der Waals surface area contributed by atoms with Gasteiger partial charge in [-0.05, 0) is 30.7 Å². The molecule has 5 nitrogen and oxygen atoms in total. The Kier molecular flexibility index (Phi) is 4.88. The molecule has 1 fully saturated rings. The van der Waals surface area contributed by atoms with Crippen molar-refractivity contribution in [2.45, 2.75) is 28.7 Å². The Balaban J connectivity index is 1.98. The molecule has 2 N–H and O–H groups in total. The minimum atomic E-state index is -3.50. The number of carboxylic acid groups (broad SMARTS) is 1. The molecule has 2 rings (SSSR count). The molecular formula is C11H15NO4S3. The number of thiophene rings is 1. The second kappa shape index (κ2) is 6.25. The van der Waals surface area contributed by atoms with E-state index in [1.807, 2.05) is 0 Å². The molecule has 0 amide bonds. The Labute approximate surface area is 120 Å². The SMILES string of the molecule is O=C(O)Cc1ccc(S(=O)(=O)NCC2CCCS2)s1. The number of carbonyl (C=O) groups is 1. The van der Waals surface area contributed by atoms with Crippen LogP contribution in [0.3, 0.4) is 0 Å². The fourth-order valence-electron chi connectivity index (χ4n) is 1.83. The Hall–Kier alpha value is -0.570. The molecule has 0 aromatic carbocycles. The lowest BCUT2D eigenvalue weighted by molar-refractivity contribution is -0.136. The number of hydrogen-bond acceptors (Lipinski definition) is 5. The summed E-state index contributed by atoms with van der Waals surface area (Å²) >= 11 is 2.80. The predicted octanol–water partition coefficient (Wildman–Crippen LogP) is 1.55. The van der Waals surface area contributed by atoms with Crippen molar-refractivity contribution in [3.63, 3.8) is 0 Å². The lowest BCUT2D eigenvalue weighted by Crippen LogP contribution is -2.29. The van der Waals surface area contributed by atoms with E-state index in [4.69, 9.17) is 5.11 Å². The van der Waals surface area contributed by atoms with E-state index in [9.17, 15) is 13.2 Å². The third-order valence-electron chi connectivity index (χ3n) is 2.75. The van der Waals surface area contributed by atoms with Crippen LogP contribution in [0.25, 0.3) is 0 Å². The summed E-state index contributed by atoms with van der Waals surface area (Å²) in [5, 5.41) is 9.02. The van der Waals surface area contributed by atoms with Gasteiger partial charge in [-0.3, -0.25) is 4.79 Å². The fraction of sp³-hybridized carbons (Fsp3) is 0.545. The second-order valence-electron chi connectivity index (χ2n) is 4.28. The standard InChI is InChI=1S/C11H15NO4S3/c13-10(14)6-8-3-4-11(18-8)19(15,16)12-7-9-2-1-5-17-9/h3-4,9,12H,1-2,5-7H2,(H,13,14). The summed E-state index contributed by atoms with van der Waals surface area (Å²) in [7, 11) is -3.50. The van der Waals surface area contributed by atoms with Gasteiger partial charge >= 0.3 is 5.97 Å². The summed E-state index contributed by atoms with van der Waals surface area (Å²) in [6, 6.07) is 3.02. The van der Waals surface area contributed by atoms with Crippen molar-refractivity contribution in [2.75, 3.05) is 12.3 Å². The molecule has 0 spiro atoms. The molecule has 106 valence electrons. The number of nitrogens with one attached hydrogen (secondary N) is 1. The molecule has 8 heteroatoms. The van der Waals surface area contributed by atoms with Crippen LogP contribution in [0.4, 0.5) is 0 Å². The Morgan fingerprint density at radius 2 is 2.26 bits per heavy atom. The van der Waals surface area contributed by atoms with Gasteiger partial charge in [-0.25, -0.2) is 13.1 Å². The van der Waals surface area contributed by atoms with Crippen LogP contribution in [0, 0.1) is 0 Å². The summed E-state index contributed by atoms with van der Waals surface area (Å²) < 4.78 is 26.8. The van der Waals surface area contributed by atoms with Gasteiger partial charge in [-0.15, -0.1) is 11.3 Å². The van der Waals surface area contributed by atoms with Crippen molar-refractivity contribution in [3.8, 4) is 0 Å². The first kappa shape index (κ1) is 14.8. The third kappa shape index (κ3) is 4.20. The van der Waals surface area contributed by atoms with Gasteiger partial charge in [0.1, 0.15) is 4.21 Å². The first-order valence-corrected chi connectivity index (χ1v) is 9.24. The number of hydrogen-bond donors (Lipinski definition) is 2. The molecule has 1 unspecified atom stereocenters. The van der Waals surface area contributed by atoms with Crippen LogP contribution in [0.15, 0.2) is 16.3 Å². The molecule has 1 aliphatic rings. The van der Waals surface area contributed by atoms with Crippen LogP contribution >= 0.6 is 23.1 Å². The number of sulfonamides is 1. The second-order valence-corrected chi connectivity index (χ2v) is 8.85.